The molecule has 0 bridgehead atoms. The number of carbonyl (C=O) groups excluding carboxylic acids is 2. The van der Waals surface area contributed by atoms with Gasteiger partial charge in [-0.1, -0.05) is 12.1 Å². The summed E-state index contributed by atoms with van der Waals surface area (Å²) in [7, 11) is 3.17. The third-order valence-corrected chi connectivity index (χ3v) is 3.58. The summed E-state index contributed by atoms with van der Waals surface area (Å²) >= 11 is 0. The topological polar surface area (TPSA) is 68.3 Å². The van der Waals surface area contributed by atoms with Crippen molar-refractivity contribution in [3.05, 3.63) is 24.3 Å². The molecule has 0 atom stereocenters. The van der Waals surface area contributed by atoms with Crippen molar-refractivity contribution < 1.29 is 23.8 Å². The van der Waals surface area contributed by atoms with Gasteiger partial charge >= 0.3 is 0 Å². The fourth-order valence-electron chi connectivity index (χ4n) is 2.33. The first-order valence-corrected chi connectivity index (χ1v) is 7.45. The molecule has 2 rings (SSSR count). The molecule has 1 aliphatic rings. The van der Waals surface area contributed by atoms with E-state index in [0.29, 0.717) is 37.7 Å². The van der Waals surface area contributed by atoms with Crippen LogP contribution in [0.1, 0.15) is 0 Å². The molecule has 126 valence electrons. The van der Waals surface area contributed by atoms with E-state index >= 15 is 0 Å². The first kappa shape index (κ1) is 17.2. The number of benzene rings is 1. The zero-order chi connectivity index (χ0) is 16.7. The number of para-hydroxylation sites is 2. The van der Waals surface area contributed by atoms with Gasteiger partial charge in [-0.05, 0) is 12.1 Å². The molecule has 0 unspecified atom stereocenters. The van der Waals surface area contributed by atoms with Crippen LogP contribution in [0, 0.1) is 0 Å². The minimum Gasteiger partial charge on any atom is -0.482 e. The molecular weight excluding hydrogens is 300 g/mol. The third kappa shape index (κ3) is 4.43. The first-order chi connectivity index (χ1) is 11.2. The van der Waals surface area contributed by atoms with E-state index < -0.39 is 0 Å². The summed E-state index contributed by atoms with van der Waals surface area (Å²) in [4.78, 5) is 27.8. The highest BCUT2D eigenvalue weighted by atomic mass is 16.5. The number of anilines is 1. The Morgan fingerprint density at radius 2 is 1.87 bits per heavy atom. The predicted molar refractivity (Wildman–Crippen MR) is 84.6 cm³/mol. The maximum Gasteiger partial charge on any atom is 0.265 e. The van der Waals surface area contributed by atoms with E-state index in [-0.39, 0.29) is 25.0 Å². The SMILES string of the molecule is COCCN(CCOC)C(=O)CN1C(=O)COc2ccccc21. The Bertz CT molecular complexity index is 541. The number of ether oxygens (including phenoxy) is 3. The second-order valence-electron chi connectivity index (χ2n) is 5.10. The lowest BCUT2D eigenvalue weighted by Gasteiger charge is -2.31. The Kier molecular flexibility index (Phi) is 6.37. The molecule has 23 heavy (non-hydrogen) atoms. The maximum absolute atomic E-state index is 12.6. The van der Waals surface area contributed by atoms with Gasteiger partial charge in [-0.2, -0.15) is 0 Å². The summed E-state index contributed by atoms with van der Waals surface area (Å²) in [6, 6.07) is 7.20. The van der Waals surface area contributed by atoms with Gasteiger partial charge in [0.2, 0.25) is 5.91 Å². The van der Waals surface area contributed by atoms with Crippen molar-refractivity contribution in [2.45, 2.75) is 0 Å². The van der Waals surface area contributed by atoms with Gasteiger partial charge in [-0.25, -0.2) is 0 Å². The number of nitrogens with zero attached hydrogens (tertiary/aromatic N) is 2. The standard InChI is InChI=1S/C16H22N2O5/c1-21-9-7-17(8-10-22-2)15(19)11-18-13-5-3-4-6-14(13)23-12-16(18)20/h3-6H,7-12H2,1-2H3. The molecule has 7 nitrogen and oxygen atoms in total. The minimum absolute atomic E-state index is 0.0212. The van der Waals surface area contributed by atoms with Gasteiger partial charge < -0.3 is 19.1 Å². The lowest BCUT2D eigenvalue weighted by Crippen LogP contribution is -2.47. The third-order valence-electron chi connectivity index (χ3n) is 3.58. The van der Waals surface area contributed by atoms with Crippen LogP contribution >= 0.6 is 0 Å². The molecule has 0 radical (unpaired) electrons. The second kappa shape index (κ2) is 8.50. The van der Waals surface area contributed by atoms with Crippen LogP contribution in [-0.4, -0.2) is 70.4 Å². The highest BCUT2D eigenvalue weighted by molar-refractivity contribution is 6.02. The van der Waals surface area contributed by atoms with Gasteiger partial charge in [0.05, 0.1) is 18.9 Å². The molecule has 0 aliphatic carbocycles. The van der Waals surface area contributed by atoms with Crippen molar-refractivity contribution in [2.24, 2.45) is 0 Å². The number of hydrogen-bond acceptors (Lipinski definition) is 5. The molecule has 1 heterocycles. The van der Waals surface area contributed by atoms with E-state index in [2.05, 4.69) is 0 Å². The zero-order valence-corrected chi connectivity index (χ0v) is 13.5. The largest absolute Gasteiger partial charge is 0.482 e. The Morgan fingerprint density at radius 1 is 1.22 bits per heavy atom. The smallest absolute Gasteiger partial charge is 0.265 e. The number of fused-ring (bicyclic) bond motifs is 1. The van der Waals surface area contributed by atoms with E-state index in [1.165, 1.54) is 4.90 Å². The van der Waals surface area contributed by atoms with E-state index in [1.54, 1.807) is 31.3 Å². The molecule has 1 aromatic carbocycles. The molecule has 0 saturated heterocycles. The van der Waals surface area contributed by atoms with Gasteiger partial charge in [0.25, 0.3) is 5.91 Å². The monoisotopic (exact) mass is 322 g/mol. The summed E-state index contributed by atoms with van der Waals surface area (Å²) in [6.45, 7) is 1.71. The molecule has 0 N–H and O–H groups in total. The van der Waals surface area contributed by atoms with Crippen LogP contribution in [0.5, 0.6) is 5.75 Å². The molecule has 0 fully saturated rings. The Balaban J connectivity index is 2.09. The van der Waals surface area contributed by atoms with Crippen molar-refractivity contribution in [2.75, 3.05) is 58.6 Å². The average molecular weight is 322 g/mol. The predicted octanol–water partition coefficient (Wildman–Crippen LogP) is 0.533. The average Bonchev–Trinajstić information content (AvgIpc) is 2.57. The number of amides is 2. The van der Waals surface area contributed by atoms with Gasteiger partial charge in [-0.3, -0.25) is 14.5 Å². The zero-order valence-electron chi connectivity index (χ0n) is 13.5. The second-order valence-corrected chi connectivity index (χ2v) is 5.10. The first-order valence-electron chi connectivity index (χ1n) is 7.45. The van der Waals surface area contributed by atoms with Crippen LogP contribution in [0.4, 0.5) is 5.69 Å². The van der Waals surface area contributed by atoms with Crippen LogP contribution in [0.3, 0.4) is 0 Å². The minimum atomic E-state index is -0.226. The molecule has 7 heteroatoms. The van der Waals surface area contributed by atoms with Crippen molar-refractivity contribution in [3.63, 3.8) is 0 Å². The Morgan fingerprint density at radius 3 is 2.52 bits per heavy atom. The molecule has 2 amide bonds. The summed E-state index contributed by atoms with van der Waals surface area (Å²) < 4.78 is 15.5. The number of methoxy groups -OCH3 is 2. The number of carbonyl (C=O) groups is 2. The highest BCUT2D eigenvalue weighted by Gasteiger charge is 2.28. The molecule has 1 aliphatic heterocycles. The van der Waals surface area contributed by atoms with Crippen LogP contribution in [0.25, 0.3) is 0 Å². The van der Waals surface area contributed by atoms with Crippen molar-refractivity contribution >= 4 is 17.5 Å². The Hall–Kier alpha value is -2.12. The number of hydrogen-bond donors (Lipinski definition) is 0. The quantitative estimate of drug-likeness (QED) is 0.698. The molecule has 1 aromatic rings. The Labute approximate surface area is 135 Å². The van der Waals surface area contributed by atoms with Crippen molar-refractivity contribution in [1.29, 1.82) is 0 Å². The highest BCUT2D eigenvalue weighted by Crippen LogP contribution is 2.31. The van der Waals surface area contributed by atoms with Gasteiger partial charge in [0, 0.05) is 27.3 Å². The van der Waals surface area contributed by atoms with Crippen LogP contribution < -0.4 is 9.64 Å². The van der Waals surface area contributed by atoms with Crippen LogP contribution in [0.2, 0.25) is 0 Å². The van der Waals surface area contributed by atoms with Gasteiger partial charge in [0.15, 0.2) is 6.61 Å². The molecular formula is C16H22N2O5. The van der Waals surface area contributed by atoms with Crippen molar-refractivity contribution in [3.8, 4) is 5.75 Å². The molecule has 0 saturated carbocycles. The maximum atomic E-state index is 12.6. The normalized spacial score (nSPS) is 13.5. The van der Waals surface area contributed by atoms with E-state index in [1.807, 2.05) is 12.1 Å². The fourth-order valence-corrected chi connectivity index (χ4v) is 2.33. The van der Waals surface area contributed by atoms with Crippen LogP contribution in [0.15, 0.2) is 24.3 Å². The van der Waals surface area contributed by atoms with Crippen LogP contribution in [-0.2, 0) is 19.1 Å². The van der Waals surface area contributed by atoms with Gasteiger partial charge in [-0.15, -0.1) is 0 Å². The van der Waals surface area contributed by atoms with E-state index in [0.717, 1.165) is 0 Å². The fraction of sp³-hybridized carbons (Fsp3) is 0.500. The lowest BCUT2D eigenvalue weighted by atomic mass is 10.2. The van der Waals surface area contributed by atoms with Gasteiger partial charge in [0.1, 0.15) is 12.3 Å². The molecule has 0 spiro atoms. The van der Waals surface area contributed by atoms with E-state index in [4.69, 9.17) is 14.2 Å². The number of rotatable bonds is 8. The lowest BCUT2D eigenvalue weighted by molar-refractivity contribution is -0.133. The summed E-state index contributed by atoms with van der Waals surface area (Å²) in [6.07, 6.45) is 0. The summed E-state index contributed by atoms with van der Waals surface area (Å²) in [5, 5.41) is 0. The summed E-state index contributed by atoms with van der Waals surface area (Å²) in [5.74, 6) is 0.236. The van der Waals surface area contributed by atoms with E-state index in [9.17, 15) is 9.59 Å². The molecule has 0 aromatic heterocycles. The van der Waals surface area contributed by atoms with Crippen molar-refractivity contribution in [1.82, 2.24) is 4.90 Å². The summed E-state index contributed by atoms with van der Waals surface area (Å²) in [5.41, 5.74) is 0.621.